The third-order valence-corrected chi connectivity index (χ3v) is 3.69. The van der Waals surface area contributed by atoms with Gasteiger partial charge in [0.2, 0.25) is 0 Å². The van der Waals surface area contributed by atoms with Gasteiger partial charge >= 0.3 is 0 Å². The quantitative estimate of drug-likeness (QED) is 0.194. The molecular formula is C16H28IN3OS. The van der Waals surface area contributed by atoms with Crippen LogP contribution in [0.3, 0.4) is 0 Å². The molecule has 4 nitrogen and oxygen atoms in total. The number of nitrogens with one attached hydrogen (secondary N) is 2. The van der Waals surface area contributed by atoms with Crippen LogP contribution in [0.2, 0.25) is 0 Å². The second kappa shape index (κ2) is 15.4. The van der Waals surface area contributed by atoms with Crippen LogP contribution in [-0.2, 0) is 4.74 Å². The monoisotopic (exact) mass is 437 g/mol. The van der Waals surface area contributed by atoms with Gasteiger partial charge in [0, 0.05) is 43.5 Å². The molecule has 126 valence electrons. The van der Waals surface area contributed by atoms with Gasteiger partial charge in [-0.15, -0.1) is 35.7 Å². The molecule has 1 aromatic carbocycles. The molecule has 0 saturated heterocycles. The largest absolute Gasteiger partial charge is 0.382 e. The van der Waals surface area contributed by atoms with Crippen LogP contribution in [0.4, 0.5) is 0 Å². The van der Waals surface area contributed by atoms with Crippen molar-refractivity contribution in [2.24, 2.45) is 4.99 Å². The summed E-state index contributed by atoms with van der Waals surface area (Å²) >= 11 is 1.85. The maximum atomic E-state index is 5.31. The lowest BCUT2D eigenvalue weighted by Crippen LogP contribution is -2.38. The molecule has 0 heterocycles. The topological polar surface area (TPSA) is 45.7 Å². The summed E-state index contributed by atoms with van der Waals surface area (Å²) in [7, 11) is 0. The Kier molecular flexibility index (Phi) is 15.1. The minimum Gasteiger partial charge on any atom is -0.382 e. The molecule has 2 N–H and O–H groups in total. The van der Waals surface area contributed by atoms with Crippen LogP contribution in [0.25, 0.3) is 0 Å². The van der Waals surface area contributed by atoms with E-state index in [1.54, 1.807) is 0 Å². The first-order valence-electron chi connectivity index (χ1n) is 7.64. The molecule has 0 bridgehead atoms. The Labute approximate surface area is 155 Å². The summed E-state index contributed by atoms with van der Waals surface area (Å²) in [5.74, 6) is 1.91. The average Bonchev–Trinajstić information content (AvgIpc) is 2.52. The predicted molar refractivity (Wildman–Crippen MR) is 108 cm³/mol. The van der Waals surface area contributed by atoms with E-state index in [-0.39, 0.29) is 24.0 Å². The molecule has 22 heavy (non-hydrogen) atoms. The molecule has 0 unspecified atom stereocenters. The van der Waals surface area contributed by atoms with E-state index in [1.807, 2.05) is 24.8 Å². The zero-order valence-corrected chi connectivity index (χ0v) is 16.7. The number of aliphatic imine (C=N–C) groups is 1. The van der Waals surface area contributed by atoms with Crippen LogP contribution in [0.1, 0.15) is 20.3 Å². The van der Waals surface area contributed by atoms with Gasteiger partial charge in [0.25, 0.3) is 0 Å². The van der Waals surface area contributed by atoms with Crippen LogP contribution >= 0.6 is 35.7 Å². The van der Waals surface area contributed by atoms with Crippen molar-refractivity contribution in [3.05, 3.63) is 30.3 Å². The van der Waals surface area contributed by atoms with Crippen molar-refractivity contribution in [2.75, 3.05) is 38.6 Å². The number of thioether (sulfide) groups is 1. The van der Waals surface area contributed by atoms with Gasteiger partial charge in [-0.25, -0.2) is 0 Å². The summed E-state index contributed by atoms with van der Waals surface area (Å²) < 4.78 is 5.31. The van der Waals surface area contributed by atoms with Crippen molar-refractivity contribution < 1.29 is 4.74 Å². The van der Waals surface area contributed by atoms with Crippen molar-refractivity contribution >= 4 is 41.7 Å². The first-order valence-corrected chi connectivity index (χ1v) is 8.63. The highest BCUT2D eigenvalue weighted by atomic mass is 127. The normalized spacial score (nSPS) is 10.9. The molecule has 1 rings (SSSR count). The molecule has 0 aliphatic heterocycles. The first kappa shape index (κ1) is 21.5. The van der Waals surface area contributed by atoms with Gasteiger partial charge in [-0.1, -0.05) is 18.2 Å². The molecule has 0 amide bonds. The van der Waals surface area contributed by atoms with E-state index in [4.69, 9.17) is 4.74 Å². The molecule has 0 saturated carbocycles. The van der Waals surface area contributed by atoms with Gasteiger partial charge in [0.15, 0.2) is 5.96 Å². The van der Waals surface area contributed by atoms with Gasteiger partial charge in [-0.3, -0.25) is 4.99 Å². The van der Waals surface area contributed by atoms with E-state index in [0.29, 0.717) is 0 Å². The SMILES string of the molecule is CCNC(=NCCCOCC)NCCSc1ccccc1.I. The molecule has 0 atom stereocenters. The van der Waals surface area contributed by atoms with Crippen molar-refractivity contribution in [3.63, 3.8) is 0 Å². The molecule has 0 aliphatic carbocycles. The van der Waals surface area contributed by atoms with E-state index in [2.05, 4.69) is 46.8 Å². The highest BCUT2D eigenvalue weighted by Crippen LogP contribution is 2.15. The summed E-state index contributed by atoms with van der Waals surface area (Å²) in [6, 6.07) is 10.5. The Bertz CT molecular complexity index is 390. The zero-order valence-electron chi connectivity index (χ0n) is 13.5. The van der Waals surface area contributed by atoms with Gasteiger partial charge in [-0.2, -0.15) is 0 Å². The van der Waals surface area contributed by atoms with E-state index in [0.717, 1.165) is 51.0 Å². The van der Waals surface area contributed by atoms with Gasteiger partial charge in [0.1, 0.15) is 0 Å². The number of guanidine groups is 1. The lowest BCUT2D eigenvalue weighted by Gasteiger charge is -2.11. The second-order valence-corrected chi connectivity index (χ2v) is 5.57. The maximum Gasteiger partial charge on any atom is 0.191 e. The van der Waals surface area contributed by atoms with E-state index in [9.17, 15) is 0 Å². The van der Waals surface area contributed by atoms with Crippen LogP contribution < -0.4 is 10.6 Å². The van der Waals surface area contributed by atoms with E-state index in [1.165, 1.54) is 4.90 Å². The Balaban J connectivity index is 0.00000441. The summed E-state index contributed by atoms with van der Waals surface area (Å²) in [5, 5.41) is 6.62. The number of benzene rings is 1. The predicted octanol–water partition coefficient (Wildman–Crippen LogP) is 3.38. The molecule has 1 aromatic rings. The third-order valence-electron chi connectivity index (χ3n) is 2.67. The fraction of sp³-hybridized carbons (Fsp3) is 0.562. The molecule has 0 radical (unpaired) electrons. The van der Waals surface area contributed by atoms with Crippen LogP contribution in [0, 0.1) is 0 Å². The number of hydrogen-bond acceptors (Lipinski definition) is 3. The molecule has 0 fully saturated rings. The fourth-order valence-electron chi connectivity index (χ4n) is 1.70. The van der Waals surface area contributed by atoms with Gasteiger partial charge in [0.05, 0.1) is 0 Å². The third kappa shape index (κ3) is 11.1. The van der Waals surface area contributed by atoms with E-state index >= 15 is 0 Å². The lowest BCUT2D eigenvalue weighted by molar-refractivity contribution is 0.146. The smallest absolute Gasteiger partial charge is 0.191 e. The summed E-state index contributed by atoms with van der Waals surface area (Å²) in [5.41, 5.74) is 0. The Hall–Kier alpha value is -0.470. The highest BCUT2D eigenvalue weighted by Gasteiger charge is 1.97. The standard InChI is InChI=1S/C16H27N3OS.HI/c1-3-17-16(18-11-8-13-20-4-2)19-12-14-21-15-9-6-5-7-10-15;/h5-7,9-10H,3-4,8,11-14H2,1-2H3,(H2,17,18,19);1H. The number of nitrogens with zero attached hydrogens (tertiary/aromatic N) is 1. The molecular weight excluding hydrogens is 409 g/mol. The van der Waals surface area contributed by atoms with Crippen molar-refractivity contribution in [1.29, 1.82) is 0 Å². The van der Waals surface area contributed by atoms with Gasteiger partial charge in [-0.05, 0) is 32.4 Å². The number of ether oxygens (including phenoxy) is 1. The zero-order chi connectivity index (χ0) is 15.2. The van der Waals surface area contributed by atoms with Crippen LogP contribution in [0.15, 0.2) is 40.2 Å². The minimum absolute atomic E-state index is 0. The summed E-state index contributed by atoms with van der Waals surface area (Å²) in [4.78, 5) is 5.84. The van der Waals surface area contributed by atoms with Crippen LogP contribution in [-0.4, -0.2) is 44.6 Å². The Morgan fingerprint density at radius 3 is 2.64 bits per heavy atom. The number of rotatable bonds is 10. The maximum absolute atomic E-state index is 5.31. The second-order valence-electron chi connectivity index (χ2n) is 4.40. The summed E-state index contributed by atoms with van der Waals surface area (Å²) in [6.07, 6.45) is 0.961. The molecule has 0 aliphatic rings. The summed E-state index contributed by atoms with van der Waals surface area (Å²) in [6.45, 7) is 8.22. The van der Waals surface area contributed by atoms with E-state index < -0.39 is 0 Å². The van der Waals surface area contributed by atoms with Crippen molar-refractivity contribution in [3.8, 4) is 0 Å². The molecule has 6 heteroatoms. The van der Waals surface area contributed by atoms with Crippen molar-refractivity contribution in [2.45, 2.75) is 25.2 Å². The number of hydrogen-bond donors (Lipinski definition) is 2. The highest BCUT2D eigenvalue weighted by molar-refractivity contribution is 14.0. The minimum atomic E-state index is 0. The lowest BCUT2D eigenvalue weighted by atomic mass is 10.4. The Morgan fingerprint density at radius 1 is 1.18 bits per heavy atom. The van der Waals surface area contributed by atoms with Crippen molar-refractivity contribution in [1.82, 2.24) is 10.6 Å². The number of halogens is 1. The Morgan fingerprint density at radius 2 is 1.95 bits per heavy atom. The first-order chi connectivity index (χ1) is 10.4. The van der Waals surface area contributed by atoms with Crippen LogP contribution in [0.5, 0.6) is 0 Å². The average molecular weight is 437 g/mol. The molecule has 0 aromatic heterocycles. The van der Waals surface area contributed by atoms with Gasteiger partial charge < -0.3 is 15.4 Å². The molecule has 0 spiro atoms. The fourth-order valence-corrected chi connectivity index (χ4v) is 2.49.